The summed E-state index contributed by atoms with van der Waals surface area (Å²) in [5.74, 6) is 5.69. The lowest BCUT2D eigenvalue weighted by Gasteiger charge is -2.22. The number of nitrogens with one attached hydrogen (secondary N) is 1. The minimum absolute atomic E-state index is 0.0298. The fourth-order valence-electron chi connectivity index (χ4n) is 3.53. The highest BCUT2D eigenvalue weighted by molar-refractivity contribution is 6.34. The zero-order valence-corrected chi connectivity index (χ0v) is 18.0. The second-order valence-electron chi connectivity index (χ2n) is 7.63. The van der Waals surface area contributed by atoms with E-state index in [9.17, 15) is 4.79 Å². The summed E-state index contributed by atoms with van der Waals surface area (Å²) in [7, 11) is 0. The molecule has 0 aliphatic carbocycles. The molecule has 30 heavy (non-hydrogen) atoms. The van der Waals surface area contributed by atoms with E-state index in [-0.39, 0.29) is 18.4 Å². The summed E-state index contributed by atoms with van der Waals surface area (Å²) >= 11 is 6.35. The molecule has 0 aliphatic rings. The number of hydrogen-bond donors (Lipinski definition) is 2. The summed E-state index contributed by atoms with van der Waals surface area (Å²) < 4.78 is 6.37. The standard InChI is InChI=1S/C24H25ClN2O3/c1-4-6-17(14-22(28)29)16-9-11-18(12-10-16)30-21(13-15(2)3)19-7-5-8-20-23(19)24(25)27-26-20/h5,7-12,15,17,21H,13-14H2,1-3H3,(H,26,27)(H,28,29). The molecular weight excluding hydrogens is 400 g/mol. The number of carboxylic acid groups (broad SMARTS) is 1. The Balaban J connectivity index is 1.89. The van der Waals surface area contributed by atoms with Gasteiger partial charge in [0.05, 0.1) is 17.9 Å². The first-order chi connectivity index (χ1) is 14.4. The number of ether oxygens (including phenoxy) is 1. The van der Waals surface area contributed by atoms with Gasteiger partial charge in [-0.2, -0.15) is 5.10 Å². The molecule has 2 atom stereocenters. The Morgan fingerprint density at radius 3 is 2.60 bits per heavy atom. The van der Waals surface area contributed by atoms with Crippen LogP contribution in [0.15, 0.2) is 42.5 Å². The summed E-state index contributed by atoms with van der Waals surface area (Å²) in [6, 6.07) is 13.4. The lowest BCUT2D eigenvalue weighted by molar-refractivity contribution is -0.137. The van der Waals surface area contributed by atoms with Crippen LogP contribution in [0.3, 0.4) is 0 Å². The molecule has 0 fully saturated rings. The Labute approximate surface area is 181 Å². The smallest absolute Gasteiger partial charge is 0.304 e. The van der Waals surface area contributed by atoms with Crippen molar-refractivity contribution >= 4 is 28.5 Å². The highest BCUT2D eigenvalue weighted by Gasteiger charge is 2.21. The second-order valence-corrected chi connectivity index (χ2v) is 8.01. The van der Waals surface area contributed by atoms with E-state index in [0.29, 0.717) is 16.8 Å². The van der Waals surface area contributed by atoms with Crippen molar-refractivity contribution in [2.75, 3.05) is 0 Å². The number of fused-ring (bicyclic) bond motifs is 1. The van der Waals surface area contributed by atoms with Crippen LogP contribution >= 0.6 is 11.6 Å². The van der Waals surface area contributed by atoms with E-state index < -0.39 is 5.97 Å². The molecule has 0 bridgehead atoms. The number of aromatic amines is 1. The quantitative estimate of drug-likeness (QED) is 0.437. The fraction of sp³-hybridized carbons (Fsp3) is 0.333. The molecule has 3 aromatic rings. The molecule has 1 aromatic heterocycles. The molecule has 0 saturated carbocycles. The van der Waals surface area contributed by atoms with Crippen LogP contribution in [0.1, 0.15) is 56.8 Å². The minimum Gasteiger partial charge on any atom is -0.486 e. The zero-order chi connectivity index (χ0) is 21.7. The van der Waals surface area contributed by atoms with E-state index >= 15 is 0 Å². The van der Waals surface area contributed by atoms with Gasteiger partial charge in [-0.1, -0.05) is 55.6 Å². The van der Waals surface area contributed by atoms with Gasteiger partial charge in [0.25, 0.3) is 0 Å². The fourth-order valence-corrected chi connectivity index (χ4v) is 3.78. The summed E-state index contributed by atoms with van der Waals surface area (Å²) in [6.45, 7) is 6.01. The number of H-pyrrole nitrogens is 1. The monoisotopic (exact) mass is 424 g/mol. The molecular formula is C24H25ClN2O3. The van der Waals surface area contributed by atoms with Gasteiger partial charge < -0.3 is 9.84 Å². The van der Waals surface area contributed by atoms with Crippen molar-refractivity contribution in [3.63, 3.8) is 0 Å². The maximum absolute atomic E-state index is 11.1. The Morgan fingerprint density at radius 2 is 1.97 bits per heavy atom. The largest absolute Gasteiger partial charge is 0.486 e. The van der Waals surface area contributed by atoms with E-state index in [1.54, 1.807) is 6.92 Å². The first-order valence-corrected chi connectivity index (χ1v) is 10.3. The third kappa shape index (κ3) is 5.14. The van der Waals surface area contributed by atoms with Crippen LogP contribution in [0, 0.1) is 17.8 Å². The van der Waals surface area contributed by atoms with Crippen LogP contribution in [0.5, 0.6) is 5.75 Å². The first-order valence-electron chi connectivity index (χ1n) is 9.92. The minimum atomic E-state index is -0.870. The number of carboxylic acids is 1. The molecule has 6 heteroatoms. The average Bonchev–Trinajstić information content (AvgIpc) is 3.08. The van der Waals surface area contributed by atoms with Crippen LogP contribution in [0.4, 0.5) is 0 Å². The molecule has 5 nitrogen and oxygen atoms in total. The van der Waals surface area contributed by atoms with Crippen LogP contribution in [0.2, 0.25) is 5.15 Å². The highest BCUT2D eigenvalue weighted by Crippen LogP contribution is 2.35. The van der Waals surface area contributed by atoms with Gasteiger partial charge in [0.1, 0.15) is 17.0 Å². The Hall–Kier alpha value is -2.97. The molecule has 2 aromatic carbocycles. The van der Waals surface area contributed by atoms with Gasteiger partial charge in [0.15, 0.2) is 0 Å². The molecule has 0 saturated heterocycles. The van der Waals surface area contributed by atoms with E-state index in [1.807, 2.05) is 42.5 Å². The molecule has 3 rings (SSSR count). The Morgan fingerprint density at radius 1 is 1.23 bits per heavy atom. The normalized spacial score (nSPS) is 13.0. The van der Waals surface area contributed by atoms with Crippen molar-refractivity contribution in [3.05, 3.63) is 58.7 Å². The van der Waals surface area contributed by atoms with Crippen molar-refractivity contribution in [2.24, 2.45) is 5.92 Å². The number of aromatic nitrogens is 2. The summed E-state index contributed by atoms with van der Waals surface area (Å²) in [6.07, 6.45) is 0.587. The Bertz CT molecular complexity index is 1080. The van der Waals surface area contributed by atoms with E-state index in [2.05, 4.69) is 35.9 Å². The van der Waals surface area contributed by atoms with Crippen molar-refractivity contribution in [1.82, 2.24) is 10.2 Å². The maximum atomic E-state index is 11.1. The molecule has 2 N–H and O–H groups in total. The number of nitrogens with zero attached hydrogens (tertiary/aromatic N) is 1. The predicted octanol–water partition coefficient (Wildman–Crippen LogP) is 5.96. The molecule has 0 radical (unpaired) electrons. The van der Waals surface area contributed by atoms with Gasteiger partial charge in [-0.3, -0.25) is 9.89 Å². The number of hydrogen-bond acceptors (Lipinski definition) is 3. The third-order valence-corrected chi connectivity index (χ3v) is 5.13. The van der Waals surface area contributed by atoms with Gasteiger partial charge in [-0.05, 0) is 43.0 Å². The average molecular weight is 425 g/mol. The lowest BCUT2D eigenvalue weighted by Crippen LogP contribution is -2.11. The highest BCUT2D eigenvalue weighted by atomic mass is 35.5. The van der Waals surface area contributed by atoms with Crippen molar-refractivity contribution in [3.8, 4) is 17.6 Å². The number of aliphatic carboxylic acids is 1. The summed E-state index contributed by atoms with van der Waals surface area (Å²) in [5, 5.41) is 17.6. The molecule has 0 amide bonds. The number of halogens is 1. The SMILES string of the molecule is CC#CC(CC(=O)O)c1ccc(OC(CC(C)C)c2cccc3n[nH]c(Cl)c23)cc1. The zero-order valence-electron chi connectivity index (χ0n) is 17.3. The number of carbonyl (C=O) groups is 1. The Kier molecular flexibility index (Phi) is 7.02. The van der Waals surface area contributed by atoms with Crippen molar-refractivity contribution < 1.29 is 14.6 Å². The summed E-state index contributed by atoms with van der Waals surface area (Å²) in [5.41, 5.74) is 2.66. The van der Waals surface area contributed by atoms with E-state index in [4.69, 9.17) is 21.4 Å². The number of rotatable bonds is 8. The molecule has 1 heterocycles. The first kappa shape index (κ1) is 21.7. The van der Waals surface area contributed by atoms with Crippen LogP contribution in [0.25, 0.3) is 10.9 Å². The third-order valence-electron chi connectivity index (χ3n) is 4.86. The maximum Gasteiger partial charge on any atom is 0.304 e. The summed E-state index contributed by atoms with van der Waals surface area (Å²) in [4.78, 5) is 11.1. The molecule has 0 spiro atoms. The second kappa shape index (κ2) is 9.69. The van der Waals surface area contributed by atoms with Crippen molar-refractivity contribution in [1.29, 1.82) is 0 Å². The van der Waals surface area contributed by atoms with Gasteiger partial charge in [0.2, 0.25) is 0 Å². The van der Waals surface area contributed by atoms with Gasteiger partial charge in [-0.15, -0.1) is 5.92 Å². The van der Waals surface area contributed by atoms with Crippen LogP contribution in [-0.4, -0.2) is 21.3 Å². The molecule has 0 aliphatic heterocycles. The topological polar surface area (TPSA) is 75.2 Å². The predicted molar refractivity (Wildman–Crippen MR) is 119 cm³/mol. The lowest BCUT2D eigenvalue weighted by atomic mass is 9.95. The molecule has 156 valence electrons. The van der Waals surface area contributed by atoms with E-state index in [0.717, 1.165) is 28.5 Å². The van der Waals surface area contributed by atoms with Gasteiger partial charge in [0, 0.05) is 10.9 Å². The van der Waals surface area contributed by atoms with Gasteiger partial charge in [-0.25, -0.2) is 0 Å². The van der Waals surface area contributed by atoms with Crippen LogP contribution in [-0.2, 0) is 4.79 Å². The van der Waals surface area contributed by atoms with E-state index in [1.165, 1.54) is 0 Å². The molecule has 2 unspecified atom stereocenters. The van der Waals surface area contributed by atoms with Gasteiger partial charge >= 0.3 is 5.97 Å². The number of benzene rings is 2. The van der Waals surface area contributed by atoms with Crippen LogP contribution < -0.4 is 4.74 Å². The van der Waals surface area contributed by atoms with Crippen molar-refractivity contribution in [2.45, 2.75) is 45.6 Å².